The van der Waals surface area contributed by atoms with E-state index in [1.54, 1.807) is 6.08 Å². The highest BCUT2D eigenvalue weighted by atomic mass is 32.2. The van der Waals surface area contributed by atoms with Gasteiger partial charge in [-0.1, -0.05) is 39.7 Å². The molecule has 0 aliphatic heterocycles. The summed E-state index contributed by atoms with van der Waals surface area (Å²) >= 11 is 0. The third-order valence-corrected chi connectivity index (χ3v) is 4.56. The van der Waals surface area contributed by atoms with Gasteiger partial charge in [-0.25, -0.2) is 13.2 Å². The largest absolute Gasteiger partial charge is 0.352 e. The molecule has 1 atom stereocenters. The third kappa shape index (κ3) is 6.20. The standard InChI is InChI=1S/C13H23NO4S/c1-4-5-6-7-8-12(15)18-14-19(16,17)10-11-9-13(11,2)3/h7-8,11,14H,4-6,9-10H2,1-3H3. The van der Waals surface area contributed by atoms with Gasteiger partial charge in [-0.2, -0.15) is 0 Å². The average Bonchev–Trinajstić information content (AvgIpc) is 2.88. The highest BCUT2D eigenvalue weighted by Gasteiger charge is 2.47. The maximum atomic E-state index is 11.6. The van der Waals surface area contributed by atoms with E-state index >= 15 is 0 Å². The van der Waals surface area contributed by atoms with Crippen LogP contribution >= 0.6 is 0 Å². The van der Waals surface area contributed by atoms with Crippen LogP contribution in [0.5, 0.6) is 0 Å². The van der Waals surface area contributed by atoms with Gasteiger partial charge in [0.25, 0.3) is 0 Å². The van der Waals surface area contributed by atoms with Gasteiger partial charge in [-0.15, -0.1) is 0 Å². The van der Waals surface area contributed by atoms with Gasteiger partial charge in [0.15, 0.2) is 0 Å². The van der Waals surface area contributed by atoms with E-state index in [4.69, 9.17) is 0 Å². The van der Waals surface area contributed by atoms with Crippen LogP contribution in [0.4, 0.5) is 0 Å². The van der Waals surface area contributed by atoms with Crippen molar-refractivity contribution in [2.45, 2.75) is 46.5 Å². The second-order valence-corrected chi connectivity index (χ2v) is 7.45. The van der Waals surface area contributed by atoms with Crippen LogP contribution in [0.25, 0.3) is 0 Å². The van der Waals surface area contributed by atoms with Crippen LogP contribution in [0.1, 0.15) is 46.5 Å². The number of carbonyl (C=O) groups is 1. The highest BCUT2D eigenvalue weighted by molar-refractivity contribution is 7.89. The van der Waals surface area contributed by atoms with Gasteiger partial charge in [0, 0.05) is 6.08 Å². The molecule has 0 aromatic carbocycles. The third-order valence-electron chi connectivity index (χ3n) is 3.39. The number of carbonyl (C=O) groups excluding carboxylic acids is 1. The molecule has 19 heavy (non-hydrogen) atoms. The molecule has 1 N–H and O–H groups in total. The predicted molar refractivity (Wildman–Crippen MR) is 73.6 cm³/mol. The summed E-state index contributed by atoms with van der Waals surface area (Å²) in [5.41, 5.74) is 0.0822. The van der Waals surface area contributed by atoms with Crippen LogP contribution in [0.3, 0.4) is 0 Å². The SMILES string of the molecule is CCCCC=CC(=O)ONS(=O)(=O)CC1CC1(C)C. The number of rotatable bonds is 8. The number of hydrogen-bond donors (Lipinski definition) is 1. The normalized spacial score (nSPS) is 21.5. The Morgan fingerprint density at radius 1 is 1.47 bits per heavy atom. The van der Waals surface area contributed by atoms with Crippen molar-refractivity contribution in [1.29, 1.82) is 0 Å². The van der Waals surface area contributed by atoms with Gasteiger partial charge < -0.3 is 4.84 Å². The lowest BCUT2D eigenvalue weighted by Gasteiger charge is -2.06. The Morgan fingerprint density at radius 3 is 2.63 bits per heavy atom. The molecular weight excluding hydrogens is 266 g/mol. The Balaban J connectivity index is 2.27. The van der Waals surface area contributed by atoms with Crippen molar-refractivity contribution in [2.24, 2.45) is 11.3 Å². The van der Waals surface area contributed by atoms with Crippen LogP contribution in [-0.4, -0.2) is 20.1 Å². The second kappa shape index (κ2) is 6.52. The van der Waals surface area contributed by atoms with E-state index < -0.39 is 16.0 Å². The van der Waals surface area contributed by atoms with E-state index in [2.05, 4.69) is 11.8 Å². The molecule has 0 spiro atoms. The summed E-state index contributed by atoms with van der Waals surface area (Å²) in [6.07, 6.45) is 6.65. The first kappa shape index (κ1) is 16.2. The van der Waals surface area contributed by atoms with Gasteiger partial charge in [-0.3, -0.25) is 0 Å². The number of unbranched alkanes of at least 4 members (excludes halogenated alkanes) is 2. The monoisotopic (exact) mass is 289 g/mol. The second-order valence-electron chi connectivity index (χ2n) is 5.72. The minimum absolute atomic E-state index is 0.00677. The van der Waals surface area contributed by atoms with Gasteiger partial charge in [0.1, 0.15) is 0 Å². The van der Waals surface area contributed by atoms with E-state index in [9.17, 15) is 13.2 Å². The van der Waals surface area contributed by atoms with Crippen molar-refractivity contribution in [2.75, 3.05) is 5.75 Å². The first-order valence-electron chi connectivity index (χ1n) is 6.63. The first-order valence-corrected chi connectivity index (χ1v) is 8.29. The molecule has 0 amide bonds. The highest BCUT2D eigenvalue weighted by Crippen LogP contribution is 2.51. The van der Waals surface area contributed by atoms with E-state index in [-0.39, 0.29) is 17.1 Å². The zero-order valence-electron chi connectivity index (χ0n) is 11.8. The summed E-state index contributed by atoms with van der Waals surface area (Å²) in [7, 11) is -3.55. The Labute approximate surface area is 115 Å². The zero-order valence-corrected chi connectivity index (χ0v) is 12.6. The Hall–Kier alpha value is -0.880. The lowest BCUT2D eigenvalue weighted by atomic mass is 10.1. The number of sulfonamides is 1. The topological polar surface area (TPSA) is 72.5 Å². The Bertz CT molecular complexity index is 440. The molecule has 110 valence electrons. The van der Waals surface area contributed by atoms with Gasteiger partial charge in [0.05, 0.1) is 5.75 Å². The van der Waals surface area contributed by atoms with Crippen LogP contribution < -0.4 is 4.89 Å². The van der Waals surface area contributed by atoms with Crippen molar-refractivity contribution in [1.82, 2.24) is 4.89 Å². The van der Waals surface area contributed by atoms with Crippen LogP contribution in [0.15, 0.2) is 12.2 Å². The quantitative estimate of drug-likeness (QED) is 0.422. The van der Waals surface area contributed by atoms with E-state index in [0.29, 0.717) is 0 Å². The smallest absolute Gasteiger partial charge is 0.350 e. The van der Waals surface area contributed by atoms with Crippen LogP contribution in [0.2, 0.25) is 0 Å². The van der Waals surface area contributed by atoms with E-state index in [1.165, 1.54) is 6.08 Å². The van der Waals surface area contributed by atoms with Crippen molar-refractivity contribution >= 4 is 16.0 Å². The molecule has 5 nitrogen and oxygen atoms in total. The number of allylic oxidation sites excluding steroid dienone is 1. The minimum atomic E-state index is -3.55. The van der Waals surface area contributed by atoms with Crippen LogP contribution in [0, 0.1) is 11.3 Å². The van der Waals surface area contributed by atoms with Gasteiger partial charge >= 0.3 is 5.97 Å². The molecule has 0 heterocycles. The summed E-state index contributed by atoms with van der Waals surface area (Å²) in [6, 6.07) is 0. The summed E-state index contributed by atoms with van der Waals surface area (Å²) in [4.78, 5) is 17.6. The molecular formula is C13H23NO4S. The molecule has 6 heteroatoms. The van der Waals surface area contributed by atoms with Crippen molar-refractivity contribution in [3.8, 4) is 0 Å². The van der Waals surface area contributed by atoms with Gasteiger partial charge in [-0.05, 0) is 29.1 Å². The molecule has 0 radical (unpaired) electrons. The predicted octanol–water partition coefficient (Wildman–Crippen LogP) is 2.16. The van der Waals surface area contributed by atoms with Crippen LogP contribution in [-0.2, 0) is 19.7 Å². The van der Waals surface area contributed by atoms with E-state index in [0.717, 1.165) is 25.7 Å². The fraction of sp³-hybridized carbons (Fsp3) is 0.769. The Morgan fingerprint density at radius 2 is 2.11 bits per heavy atom. The van der Waals surface area contributed by atoms with Crippen molar-refractivity contribution < 1.29 is 18.0 Å². The molecule has 0 saturated heterocycles. The molecule has 1 aliphatic rings. The number of nitrogens with one attached hydrogen (secondary N) is 1. The summed E-state index contributed by atoms with van der Waals surface area (Å²) < 4.78 is 23.3. The summed E-state index contributed by atoms with van der Waals surface area (Å²) in [5.74, 6) is -0.536. The molecule has 0 aromatic rings. The minimum Gasteiger partial charge on any atom is -0.352 e. The fourth-order valence-corrected chi connectivity index (χ4v) is 3.18. The Kier molecular flexibility index (Phi) is 5.55. The number of hydrogen-bond acceptors (Lipinski definition) is 4. The average molecular weight is 289 g/mol. The summed E-state index contributed by atoms with van der Waals surface area (Å²) in [5, 5.41) is 0. The molecule has 0 aromatic heterocycles. The van der Waals surface area contributed by atoms with Crippen molar-refractivity contribution in [3.05, 3.63) is 12.2 Å². The zero-order chi connectivity index (χ0) is 14.5. The maximum Gasteiger partial charge on any atom is 0.350 e. The molecule has 1 saturated carbocycles. The molecule has 0 bridgehead atoms. The molecule has 1 fully saturated rings. The summed E-state index contributed by atoms with van der Waals surface area (Å²) in [6.45, 7) is 6.10. The first-order chi connectivity index (χ1) is 8.77. The molecule has 1 rings (SSSR count). The lowest BCUT2D eigenvalue weighted by Crippen LogP contribution is -2.30. The fourth-order valence-electron chi connectivity index (χ4n) is 1.80. The van der Waals surface area contributed by atoms with Gasteiger partial charge in [0.2, 0.25) is 10.0 Å². The van der Waals surface area contributed by atoms with Crippen molar-refractivity contribution in [3.63, 3.8) is 0 Å². The van der Waals surface area contributed by atoms with E-state index in [1.807, 2.05) is 18.7 Å². The molecule has 1 unspecified atom stereocenters. The molecule has 1 aliphatic carbocycles. The maximum absolute atomic E-state index is 11.6. The lowest BCUT2D eigenvalue weighted by molar-refractivity contribution is -0.141.